The van der Waals surface area contributed by atoms with Crippen molar-refractivity contribution in [2.24, 2.45) is 7.05 Å². The van der Waals surface area contributed by atoms with Gasteiger partial charge < -0.3 is 15.0 Å². The summed E-state index contributed by atoms with van der Waals surface area (Å²) in [5.41, 5.74) is 3.15. The molecule has 2 rings (SSSR count). The zero-order valence-corrected chi connectivity index (χ0v) is 13.9. The van der Waals surface area contributed by atoms with Crippen molar-refractivity contribution in [2.45, 2.75) is 26.4 Å². The van der Waals surface area contributed by atoms with Crippen molar-refractivity contribution in [2.75, 3.05) is 5.73 Å². The van der Waals surface area contributed by atoms with E-state index >= 15 is 0 Å². The SMILES string of the molecule is CCC(=O)Oc1c(N)cccc1-c1c(C(F)(F)F)cc(C)n(C)c1=O. The second-order valence-electron chi connectivity index (χ2n) is 5.49. The molecule has 0 aliphatic rings. The number of halogens is 3. The van der Waals surface area contributed by atoms with Crippen LogP contribution in [0.2, 0.25) is 0 Å². The molecule has 0 bridgehead atoms. The van der Waals surface area contributed by atoms with Crippen molar-refractivity contribution in [1.29, 1.82) is 0 Å². The van der Waals surface area contributed by atoms with Crippen LogP contribution in [0.3, 0.4) is 0 Å². The number of nitrogens with zero attached hydrogens (tertiary/aromatic N) is 1. The summed E-state index contributed by atoms with van der Waals surface area (Å²) in [6, 6.07) is 4.93. The van der Waals surface area contributed by atoms with Gasteiger partial charge in [0.15, 0.2) is 5.75 Å². The highest BCUT2D eigenvalue weighted by Gasteiger charge is 2.37. The van der Waals surface area contributed by atoms with Gasteiger partial charge in [-0.15, -0.1) is 0 Å². The summed E-state index contributed by atoms with van der Waals surface area (Å²) in [6.07, 6.45) is -4.75. The predicted octanol–water partition coefficient (Wildman–Crippen LogP) is 3.28. The van der Waals surface area contributed by atoms with Crippen LogP contribution in [0.1, 0.15) is 24.6 Å². The van der Waals surface area contributed by atoms with Gasteiger partial charge in [-0.05, 0) is 19.1 Å². The molecule has 25 heavy (non-hydrogen) atoms. The highest BCUT2D eigenvalue weighted by atomic mass is 19.4. The van der Waals surface area contributed by atoms with Crippen LogP contribution in [0.15, 0.2) is 29.1 Å². The molecule has 0 spiro atoms. The van der Waals surface area contributed by atoms with Crippen molar-refractivity contribution in [3.05, 3.63) is 45.9 Å². The van der Waals surface area contributed by atoms with E-state index in [4.69, 9.17) is 10.5 Å². The molecule has 1 heterocycles. The summed E-state index contributed by atoms with van der Waals surface area (Å²) in [7, 11) is 1.37. The molecule has 8 heteroatoms. The first-order valence-electron chi connectivity index (χ1n) is 7.45. The fourth-order valence-electron chi connectivity index (χ4n) is 2.36. The third kappa shape index (κ3) is 3.52. The second-order valence-corrected chi connectivity index (χ2v) is 5.49. The van der Waals surface area contributed by atoms with E-state index in [0.29, 0.717) is 0 Å². The van der Waals surface area contributed by atoms with Gasteiger partial charge in [0, 0.05) is 24.7 Å². The summed E-state index contributed by atoms with van der Waals surface area (Å²) < 4.78 is 46.7. The third-order valence-corrected chi connectivity index (χ3v) is 3.79. The number of pyridine rings is 1. The van der Waals surface area contributed by atoms with Gasteiger partial charge in [-0.1, -0.05) is 19.1 Å². The van der Waals surface area contributed by atoms with E-state index in [2.05, 4.69) is 0 Å². The first-order chi connectivity index (χ1) is 11.6. The minimum atomic E-state index is -4.76. The molecule has 0 saturated carbocycles. The van der Waals surface area contributed by atoms with Crippen LogP contribution < -0.4 is 16.0 Å². The number of ether oxygens (including phenoxy) is 1. The Morgan fingerprint density at radius 3 is 2.52 bits per heavy atom. The fraction of sp³-hybridized carbons (Fsp3) is 0.294. The minimum absolute atomic E-state index is 0.00576. The summed E-state index contributed by atoms with van der Waals surface area (Å²) in [5.74, 6) is -0.919. The Morgan fingerprint density at radius 2 is 1.96 bits per heavy atom. The summed E-state index contributed by atoms with van der Waals surface area (Å²) >= 11 is 0. The highest BCUT2D eigenvalue weighted by molar-refractivity contribution is 5.84. The lowest BCUT2D eigenvalue weighted by Crippen LogP contribution is -2.26. The highest BCUT2D eigenvalue weighted by Crippen LogP contribution is 2.41. The van der Waals surface area contributed by atoms with Gasteiger partial charge >= 0.3 is 12.1 Å². The summed E-state index contributed by atoms with van der Waals surface area (Å²) in [5, 5.41) is 0. The zero-order valence-electron chi connectivity index (χ0n) is 13.9. The predicted molar refractivity (Wildman–Crippen MR) is 87.2 cm³/mol. The van der Waals surface area contributed by atoms with E-state index < -0.39 is 28.8 Å². The van der Waals surface area contributed by atoms with Gasteiger partial charge in [0.25, 0.3) is 5.56 Å². The second kappa shape index (κ2) is 6.62. The smallest absolute Gasteiger partial charge is 0.417 e. The van der Waals surface area contributed by atoms with E-state index in [1.807, 2.05) is 0 Å². The van der Waals surface area contributed by atoms with Gasteiger partial charge in [-0.3, -0.25) is 9.59 Å². The molecule has 0 atom stereocenters. The maximum Gasteiger partial charge on any atom is 0.417 e. The van der Waals surface area contributed by atoms with Crippen molar-refractivity contribution in [3.63, 3.8) is 0 Å². The van der Waals surface area contributed by atoms with Gasteiger partial charge in [0.2, 0.25) is 0 Å². The van der Waals surface area contributed by atoms with Gasteiger partial charge in [-0.25, -0.2) is 0 Å². The van der Waals surface area contributed by atoms with Gasteiger partial charge in [0.05, 0.1) is 16.8 Å². The monoisotopic (exact) mass is 354 g/mol. The average molecular weight is 354 g/mol. The number of carbonyl (C=O) groups excluding carboxylic acids is 1. The number of aromatic nitrogens is 1. The van der Waals surface area contributed by atoms with Gasteiger partial charge in [-0.2, -0.15) is 13.2 Å². The average Bonchev–Trinajstić information content (AvgIpc) is 2.53. The molecule has 2 aromatic rings. The molecular weight excluding hydrogens is 337 g/mol. The first kappa shape index (κ1) is 18.6. The van der Waals surface area contributed by atoms with E-state index in [0.717, 1.165) is 10.6 Å². The number of nitrogens with two attached hydrogens (primary N) is 1. The number of nitrogen functional groups attached to an aromatic ring is 1. The van der Waals surface area contributed by atoms with Crippen molar-refractivity contribution in [1.82, 2.24) is 4.57 Å². The minimum Gasteiger partial charge on any atom is -0.424 e. The lowest BCUT2D eigenvalue weighted by Gasteiger charge is -2.18. The molecule has 2 N–H and O–H groups in total. The zero-order chi connectivity index (χ0) is 18.9. The standard InChI is InChI=1S/C17H17F3N2O3/c1-4-13(23)25-15-10(6-5-7-12(15)21)14-11(17(18,19)20)8-9(2)22(3)16(14)24/h5-8H,4,21H2,1-3H3. The molecule has 0 unspecified atom stereocenters. The van der Waals surface area contributed by atoms with Crippen LogP contribution in [0.4, 0.5) is 18.9 Å². The Kier molecular flexibility index (Phi) is 4.92. The van der Waals surface area contributed by atoms with Crippen LogP contribution in [0, 0.1) is 6.92 Å². The number of esters is 1. The Labute approximate surface area is 141 Å². The number of carbonyl (C=O) groups is 1. The molecule has 0 aliphatic heterocycles. The molecule has 134 valence electrons. The maximum absolute atomic E-state index is 13.5. The Hall–Kier alpha value is -2.77. The third-order valence-electron chi connectivity index (χ3n) is 3.79. The number of para-hydroxylation sites is 1. The first-order valence-corrected chi connectivity index (χ1v) is 7.45. The molecule has 0 fully saturated rings. The normalized spacial score (nSPS) is 11.4. The van der Waals surface area contributed by atoms with E-state index in [9.17, 15) is 22.8 Å². The number of aryl methyl sites for hydroxylation is 1. The van der Waals surface area contributed by atoms with Crippen LogP contribution in [-0.4, -0.2) is 10.5 Å². The molecule has 0 saturated heterocycles. The molecular formula is C17H17F3N2O3. The maximum atomic E-state index is 13.5. The number of benzene rings is 1. The lowest BCUT2D eigenvalue weighted by molar-refractivity contribution is -0.137. The number of hydrogen-bond donors (Lipinski definition) is 1. The topological polar surface area (TPSA) is 74.3 Å². The Balaban J connectivity index is 2.88. The quantitative estimate of drug-likeness (QED) is 0.521. The van der Waals surface area contributed by atoms with Crippen LogP contribution in [0.5, 0.6) is 5.75 Å². The fourth-order valence-corrected chi connectivity index (χ4v) is 2.36. The molecule has 5 nitrogen and oxygen atoms in total. The molecule has 0 radical (unpaired) electrons. The number of alkyl halides is 3. The molecule has 0 amide bonds. The summed E-state index contributed by atoms with van der Waals surface area (Å²) in [6.45, 7) is 2.94. The van der Waals surface area contributed by atoms with Crippen molar-refractivity contribution in [3.8, 4) is 16.9 Å². The number of hydrogen-bond acceptors (Lipinski definition) is 4. The van der Waals surface area contributed by atoms with E-state index in [-0.39, 0.29) is 29.1 Å². The van der Waals surface area contributed by atoms with Crippen LogP contribution in [0.25, 0.3) is 11.1 Å². The number of anilines is 1. The molecule has 1 aromatic heterocycles. The molecule has 1 aromatic carbocycles. The Bertz CT molecular complexity index is 886. The lowest BCUT2D eigenvalue weighted by atomic mass is 9.98. The van der Waals surface area contributed by atoms with E-state index in [1.54, 1.807) is 0 Å². The summed E-state index contributed by atoms with van der Waals surface area (Å²) in [4.78, 5) is 24.2. The number of rotatable bonds is 3. The Morgan fingerprint density at radius 1 is 1.32 bits per heavy atom. The van der Waals surface area contributed by atoms with Crippen LogP contribution in [-0.2, 0) is 18.0 Å². The van der Waals surface area contributed by atoms with Crippen molar-refractivity contribution < 1.29 is 22.7 Å². The van der Waals surface area contributed by atoms with Crippen LogP contribution >= 0.6 is 0 Å². The molecule has 0 aliphatic carbocycles. The van der Waals surface area contributed by atoms with Crippen molar-refractivity contribution >= 4 is 11.7 Å². The van der Waals surface area contributed by atoms with E-state index in [1.165, 1.54) is 39.1 Å². The largest absolute Gasteiger partial charge is 0.424 e. The van der Waals surface area contributed by atoms with Gasteiger partial charge in [0.1, 0.15) is 0 Å².